The maximum atomic E-state index is 11.7. The number of rotatable bonds is 4. The lowest BCUT2D eigenvalue weighted by molar-refractivity contribution is -0.154. The topological polar surface area (TPSA) is 52.1 Å². The van der Waals surface area contributed by atoms with E-state index in [4.69, 9.17) is 4.74 Å². The smallest absolute Gasteiger partial charge is 0.307 e. The Morgan fingerprint density at radius 1 is 1.21 bits per heavy atom. The van der Waals surface area contributed by atoms with E-state index in [2.05, 4.69) is 28.7 Å². The van der Waals surface area contributed by atoms with Crippen LogP contribution in [0.3, 0.4) is 0 Å². The van der Waals surface area contributed by atoms with E-state index in [0.29, 0.717) is 6.42 Å². The van der Waals surface area contributed by atoms with Crippen LogP contribution in [-0.4, -0.2) is 21.5 Å². The van der Waals surface area contributed by atoms with Crippen LogP contribution in [0.5, 0.6) is 0 Å². The van der Waals surface area contributed by atoms with Gasteiger partial charge in [0.05, 0.1) is 11.9 Å². The van der Waals surface area contributed by atoms with Crippen LogP contribution in [0.15, 0.2) is 24.3 Å². The molecule has 0 bridgehead atoms. The average molecular weight is 324 g/mol. The molecule has 126 valence electrons. The molecule has 1 aromatic carbocycles. The molecule has 4 heteroatoms. The van der Waals surface area contributed by atoms with Gasteiger partial charge in [-0.15, -0.1) is 0 Å². The van der Waals surface area contributed by atoms with Gasteiger partial charge in [0.15, 0.2) is 0 Å². The standard InChI is InChI=1S/C20H24N2O2/c1-5-10-18-21-16-12-7-6-11-15(16)17(22-18)13-8-9-14-19(23)24-20(2,3)4/h6-7,11-12H,5,9-10,14H2,1-4H3. The van der Waals surface area contributed by atoms with Crippen LogP contribution in [0, 0.1) is 11.8 Å². The van der Waals surface area contributed by atoms with E-state index in [0.717, 1.165) is 35.3 Å². The molecule has 0 atom stereocenters. The lowest BCUT2D eigenvalue weighted by Gasteiger charge is -2.18. The molecule has 0 spiro atoms. The highest BCUT2D eigenvalue weighted by Crippen LogP contribution is 2.15. The molecule has 1 heterocycles. The molecule has 0 unspecified atom stereocenters. The second-order valence-electron chi connectivity index (χ2n) is 6.64. The Kier molecular flexibility index (Phi) is 5.92. The van der Waals surface area contributed by atoms with E-state index in [9.17, 15) is 4.79 Å². The summed E-state index contributed by atoms with van der Waals surface area (Å²) in [5.41, 5.74) is 1.18. The number of fused-ring (bicyclic) bond motifs is 1. The Morgan fingerprint density at radius 2 is 1.96 bits per heavy atom. The maximum Gasteiger partial charge on any atom is 0.307 e. The Balaban J connectivity index is 2.13. The van der Waals surface area contributed by atoms with Gasteiger partial charge in [-0.1, -0.05) is 25.0 Å². The highest BCUT2D eigenvalue weighted by Gasteiger charge is 2.15. The van der Waals surface area contributed by atoms with Crippen LogP contribution >= 0.6 is 0 Å². The van der Waals surface area contributed by atoms with E-state index < -0.39 is 5.60 Å². The van der Waals surface area contributed by atoms with E-state index in [1.165, 1.54) is 0 Å². The molecule has 4 nitrogen and oxygen atoms in total. The highest BCUT2D eigenvalue weighted by atomic mass is 16.6. The molecule has 0 aliphatic heterocycles. The first-order valence-electron chi connectivity index (χ1n) is 8.35. The van der Waals surface area contributed by atoms with Crippen LogP contribution in [-0.2, 0) is 16.0 Å². The molecule has 0 amide bonds. The fraction of sp³-hybridized carbons (Fsp3) is 0.450. The number of carbonyl (C=O) groups excluding carboxylic acids is 1. The molecule has 2 rings (SSSR count). The summed E-state index contributed by atoms with van der Waals surface area (Å²) < 4.78 is 5.28. The Hall–Kier alpha value is -2.41. The van der Waals surface area contributed by atoms with Crippen molar-refractivity contribution >= 4 is 16.9 Å². The van der Waals surface area contributed by atoms with Gasteiger partial charge < -0.3 is 4.74 Å². The second kappa shape index (κ2) is 7.92. The van der Waals surface area contributed by atoms with Crippen molar-refractivity contribution < 1.29 is 9.53 Å². The van der Waals surface area contributed by atoms with Crippen molar-refractivity contribution in [2.75, 3.05) is 0 Å². The van der Waals surface area contributed by atoms with Crippen molar-refractivity contribution in [2.45, 2.75) is 59.0 Å². The van der Waals surface area contributed by atoms with E-state index in [-0.39, 0.29) is 12.4 Å². The number of nitrogens with zero attached hydrogens (tertiary/aromatic N) is 2. The number of hydrogen-bond acceptors (Lipinski definition) is 4. The van der Waals surface area contributed by atoms with Gasteiger partial charge in [0.2, 0.25) is 0 Å². The van der Waals surface area contributed by atoms with Gasteiger partial charge in [0, 0.05) is 18.2 Å². The molecule has 2 aromatic rings. The van der Waals surface area contributed by atoms with Gasteiger partial charge >= 0.3 is 5.97 Å². The molecule has 1 aromatic heterocycles. The first-order valence-corrected chi connectivity index (χ1v) is 8.35. The first kappa shape index (κ1) is 17.9. The molecule has 0 aliphatic carbocycles. The van der Waals surface area contributed by atoms with Gasteiger partial charge in [0.25, 0.3) is 0 Å². The SMILES string of the molecule is CCCc1nc(C#CCCC(=O)OC(C)(C)C)c2ccccc2n1. The minimum absolute atomic E-state index is 0.226. The molecule has 0 radical (unpaired) electrons. The predicted molar refractivity (Wildman–Crippen MR) is 95.5 cm³/mol. The van der Waals surface area contributed by atoms with Crippen LogP contribution in [0.25, 0.3) is 10.9 Å². The summed E-state index contributed by atoms with van der Waals surface area (Å²) in [6.45, 7) is 7.68. The van der Waals surface area contributed by atoms with Gasteiger partial charge in [-0.3, -0.25) is 4.79 Å². The summed E-state index contributed by atoms with van der Waals surface area (Å²) in [6, 6.07) is 7.87. The first-order chi connectivity index (χ1) is 11.4. The zero-order chi connectivity index (χ0) is 17.6. The van der Waals surface area contributed by atoms with E-state index in [1.54, 1.807) is 0 Å². The van der Waals surface area contributed by atoms with Crippen LogP contribution < -0.4 is 0 Å². The monoisotopic (exact) mass is 324 g/mol. The molecule has 0 saturated carbocycles. The minimum atomic E-state index is -0.456. The van der Waals surface area contributed by atoms with Crippen molar-refractivity contribution in [3.05, 3.63) is 35.8 Å². The summed E-state index contributed by atoms with van der Waals surface area (Å²) in [5.74, 6) is 6.72. The van der Waals surface area contributed by atoms with Crippen LogP contribution in [0.2, 0.25) is 0 Å². The third-order valence-corrected chi connectivity index (χ3v) is 3.20. The summed E-state index contributed by atoms with van der Waals surface area (Å²) in [7, 11) is 0. The normalized spacial score (nSPS) is 11.0. The quantitative estimate of drug-likeness (QED) is 0.629. The zero-order valence-electron chi connectivity index (χ0n) is 14.8. The van der Waals surface area contributed by atoms with E-state index in [1.807, 2.05) is 45.0 Å². The zero-order valence-corrected chi connectivity index (χ0v) is 14.8. The maximum absolute atomic E-state index is 11.7. The van der Waals surface area contributed by atoms with Gasteiger partial charge in [-0.05, 0) is 45.2 Å². The average Bonchev–Trinajstić information content (AvgIpc) is 2.50. The third kappa shape index (κ3) is 5.34. The molecular formula is C20H24N2O2. The highest BCUT2D eigenvalue weighted by molar-refractivity contribution is 5.83. The summed E-state index contributed by atoms with van der Waals surface area (Å²) >= 11 is 0. The number of hydrogen-bond donors (Lipinski definition) is 0. The summed E-state index contributed by atoms with van der Waals surface area (Å²) in [6.07, 6.45) is 2.56. The Bertz CT molecular complexity index is 780. The Labute approximate surface area is 143 Å². The largest absolute Gasteiger partial charge is 0.460 e. The number of esters is 1. The number of benzene rings is 1. The molecule has 24 heavy (non-hydrogen) atoms. The Morgan fingerprint density at radius 3 is 2.67 bits per heavy atom. The molecule has 0 fully saturated rings. The van der Waals surface area contributed by atoms with Crippen molar-refractivity contribution in [1.29, 1.82) is 0 Å². The molecule has 0 N–H and O–H groups in total. The van der Waals surface area contributed by atoms with Crippen molar-refractivity contribution in [1.82, 2.24) is 9.97 Å². The summed E-state index contributed by atoms with van der Waals surface area (Å²) in [4.78, 5) is 20.8. The third-order valence-electron chi connectivity index (χ3n) is 3.20. The number of para-hydroxylation sites is 1. The van der Waals surface area contributed by atoms with E-state index >= 15 is 0 Å². The van der Waals surface area contributed by atoms with Crippen LogP contribution in [0.1, 0.15) is 58.5 Å². The molecule has 0 saturated heterocycles. The van der Waals surface area contributed by atoms with Crippen molar-refractivity contribution in [2.24, 2.45) is 0 Å². The van der Waals surface area contributed by atoms with Gasteiger partial charge in [-0.25, -0.2) is 9.97 Å². The number of aromatic nitrogens is 2. The van der Waals surface area contributed by atoms with Crippen molar-refractivity contribution in [3.63, 3.8) is 0 Å². The number of ether oxygens (including phenoxy) is 1. The second-order valence-corrected chi connectivity index (χ2v) is 6.64. The molecular weight excluding hydrogens is 300 g/mol. The van der Waals surface area contributed by atoms with Crippen molar-refractivity contribution in [3.8, 4) is 11.8 Å². The number of aryl methyl sites for hydroxylation is 1. The summed E-state index contributed by atoms with van der Waals surface area (Å²) in [5, 5.41) is 0.946. The predicted octanol–water partition coefficient (Wildman–Crippen LogP) is 4.06. The molecule has 0 aliphatic rings. The lowest BCUT2D eigenvalue weighted by atomic mass is 10.1. The minimum Gasteiger partial charge on any atom is -0.460 e. The van der Waals surface area contributed by atoms with Gasteiger partial charge in [-0.2, -0.15) is 0 Å². The van der Waals surface area contributed by atoms with Gasteiger partial charge in [0.1, 0.15) is 17.1 Å². The number of carbonyl (C=O) groups is 1. The lowest BCUT2D eigenvalue weighted by Crippen LogP contribution is -2.23. The fourth-order valence-corrected chi connectivity index (χ4v) is 2.26. The van der Waals surface area contributed by atoms with Crippen LogP contribution in [0.4, 0.5) is 0 Å². The fourth-order valence-electron chi connectivity index (χ4n) is 2.26.